The van der Waals surface area contributed by atoms with Crippen molar-refractivity contribution in [1.29, 1.82) is 0 Å². The number of aromatic nitrogens is 2. The lowest BCUT2D eigenvalue weighted by molar-refractivity contribution is -0.200. The molecule has 7 nitrogen and oxygen atoms in total. The zero-order chi connectivity index (χ0) is 16.1. The number of hydrogen-bond acceptors (Lipinski definition) is 6. The minimum Gasteiger partial charge on any atom is -0.394 e. The summed E-state index contributed by atoms with van der Waals surface area (Å²) in [5, 5.41) is 9.49. The first-order valence-electron chi connectivity index (χ1n) is 6.88. The van der Waals surface area contributed by atoms with Crippen LogP contribution in [-0.4, -0.2) is 45.4 Å². The Morgan fingerprint density at radius 3 is 2.77 bits per heavy atom. The molecule has 2 N–H and O–H groups in total. The zero-order valence-corrected chi connectivity index (χ0v) is 13.7. The molecule has 4 atom stereocenters. The zero-order valence-electron chi connectivity index (χ0n) is 12.1. The molecule has 9 heteroatoms. The van der Waals surface area contributed by atoms with E-state index in [0.29, 0.717) is 5.56 Å². The highest BCUT2D eigenvalue weighted by molar-refractivity contribution is 7.71. The molecular weight excluding hydrogens is 332 g/mol. The summed E-state index contributed by atoms with van der Waals surface area (Å²) >= 11 is 11.0. The third-order valence-corrected chi connectivity index (χ3v) is 4.37. The smallest absolute Gasteiger partial charge is 0.256 e. The first-order valence-corrected chi connectivity index (χ1v) is 7.83. The molecule has 2 fully saturated rings. The lowest BCUT2D eigenvalue weighted by Gasteiger charge is -2.25. The molecule has 2 saturated heterocycles. The van der Waals surface area contributed by atoms with Crippen molar-refractivity contribution >= 4 is 23.8 Å². The number of nitrogens with one attached hydrogen (secondary N) is 1. The van der Waals surface area contributed by atoms with Crippen LogP contribution in [0.15, 0.2) is 11.0 Å². The van der Waals surface area contributed by atoms with Crippen molar-refractivity contribution in [3.8, 4) is 0 Å². The Balaban J connectivity index is 2.02. The van der Waals surface area contributed by atoms with Crippen LogP contribution in [0.1, 0.15) is 25.6 Å². The summed E-state index contributed by atoms with van der Waals surface area (Å²) in [6, 6.07) is 0. The van der Waals surface area contributed by atoms with Gasteiger partial charge in [0.25, 0.3) is 5.56 Å². The third kappa shape index (κ3) is 2.64. The lowest BCUT2D eigenvalue weighted by Crippen LogP contribution is -2.31. The maximum Gasteiger partial charge on any atom is 0.256 e. The lowest BCUT2D eigenvalue weighted by atomic mass is 10.1. The highest BCUT2D eigenvalue weighted by atomic mass is 35.5. The van der Waals surface area contributed by atoms with Gasteiger partial charge in [-0.15, -0.1) is 11.6 Å². The van der Waals surface area contributed by atoms with Crippen LogP contribution in [0.5, 0.6) is 0 Å². The van der Waals surface area contributed by atoms with E-state index in [-0.39, 0.29) is 22.8 Å². The summed E-state index contributed by atoms with van der Waals surface area (Å²) in [6.45, 7) is 3.40. The molecule has 0 amide bonds. The van der Waals surface area contributed by atoms with Crippen LogP contribution < -0.4 is 5.56 Å². The van der Waals surface area contributed by atoms with Crippen LogP contribution >= 0.6 is 23.8 Å². The molecule has 0 aromatic carbocycles. The number of aromatic amines is 1. The van der Waals surface area contributed by atoms with E-state index in [4.69, 9.17) is 38.0 Å². The van der Waals surface area contributed by atoms with Crippen LogP contribution in [0.4, 0.5) is 0 Å². The molecule has 0 spiro atoms. The molecule has 122 valence electrons. The average molecular weight is 349 g/mol. The van der Waals surface area contributed by atoms with Crippen LogP contribution in [0.25, 0.3) is 0 Å². The fraction of sp³-hybridized carbons (Fsp3) is 0.692. The van der Waals surface area contributed by atoms with Gasteiger partial charge < -0.3 is 19.3 Å². The Kier molecular flexibility index (Phi) is 4.17. The van der Waals surface area contributed by atoms with Crippen LogP contribution in [0, 0.1) is 4.77 Å². The van der Waals surface area contributed by atoms with Gasteiger partial charge in [-0.1, -0.05) is 0 Å². The molecule has 0 radical (unpaired) electrons. The predicted molar refractivity (Wildman–Crippen MR) is 80.3 cm³/mol. The number of nitrogens with zero attached hydrogens (tertiary/aromatic N) is 1. The number of halogens is 1. The Bertz CT molecular complexity index is 688. The van der Waals surface area contributed by atoms with Gasteiger partial charge in [-0.3, -0.25) is 14.3 Å². The van der Waals surface area contributed by atoms with Gasteiger partial charge in [0.05, 0.1) is 12.5 Å². The minimum atomic E-state index is -0.773. The fourth-order valence-electron chi connectivity index (χ4n) is 2.84. The molecular formula is C13H17ClN2O5S. The monoisotopic (exact) mass is 348 g/mol. The first-order chi connectivity index (χ1) is 10.4. The van der Waals surface area contributed by atoms with Crippen molar-refractivity contribution in [1.82, 2.24) is 9.55 Å². The van der Waals surface area contributed by atoms with Crippen LogP contribution in [0.2, 0.25) is 0 Å². The highest BCUT2D eigenvalue weighted by Crippen LogP contribution is 2.42. The van der Waals surface area contributed by atoms with E-state index < -0.39 is 30.3 Å². The summed E-state index contributed by atoms with van der Waals surface area (Å²) in [5.41, 5.74) is 0.0504. The van der Waals surface area contributed by atoms with Gasteiger partial charge in [0, 0.05) is 11.8 Å². The van der Waals surface area contributed by atoms with E-state index in [1.54, 1.807) is 24.6 Å². The largest absolute Gasteiger partial charge is 0.394 e. The maximum atomic E-state index is 11.7. The van der Waals surface area contributed by atoms with Crippen molar-refractivity contribution in [3.63, 3.8) is 0 Å². The minimum absolute atomic E-state index is 0.0536. The summed E-state index contributed by atoms with van der Waals surface area (Å²) in [4.78, 5) is 14.3. The van der Waals surface area contributed by atoms with Gasteiger partial charge in [0.2, 0.25) is 0 Å². The quantitative estimate of drug-likeness (QED) is 0.627. The third-order valence-electron chi connectivity index (χ3n) is 3.76. The van der Waals surface area contributed by atoms with E-state index in [1.807, 2.05) is 0 Å². The molecule has 2 aliphatic heterocycles. The molecule has 3 rings (SSSR count). The summed E-state index contributed by atoms with van der Waals surface area (Å²) in [7, 11) is 0. The summed E-state index contributed by atoms with van der Waals surface area (Å²) in [5.74, 6) is -0.720. The van der Waals surface area contributed by atoms with Gasteiger partial charge in [0.1, 0.15) is 18.3 Å². The van der Waals surface area contributed by atoms with E-state index in [0.717, 1.165) is 0 Å². The van der Waals surface area contributed by atoms with Gasteiger partial charge in [-0.25, -0.2) is 0 Å². The first kappa shape index (κ1) is 16.1. The molecule has 0 aliphatic carbocycles. The van der Waals surface area contributed by atoms with Crippen molar-refractivity contribution in [2.24, 2.45) is 0 Å². The number of ether oxygens (including phenoxy) is 3. The number of aliphatic hydroxyl groups is 1. The second kappa shape index (κ2) is 5.70. The molecule has 22 heavy (non-hydrogen) atoms. The Morgan fingerprint density at radius 2 is 2.14 bits per heavy atom. The Hall–Kier alpha value is -0.770. The molecule has 1 aromatic rings. The molecule has 3 heterocycles. The molecule has 1 aromatic heterocycles. The normalized spacial score (nSPS) is 33.1. The van der Waals surface area contributed by atoms with Crippen molar-refractivity contribution < 1.29 is 19.3 Å². The second-order valence-corrected chi connectivity index (χ2v) is 6.42. The SMILES string of the molecule is CC1(C)OC2C(CO)OC(n3cc(CCl)c(=O)[nH]c3=S)C2O1. The second-order valence-electron chi connectivity index (χ2n) is 5.77. The maximum absolute atomic E-state index is 11.7. The molecule has 0 saturated carbocycles. The van der Waals surface area contributed by atoms with E-state index in [9.17, 15) is 9.90 Å². The van der Waals surface area contributed by atoms with Crippen molar-refractivity contribution in [3.05, 3.63) is 26.9 Å². The van der Waals surface area contributed by atoms with Gasteiger partial charge >= 0.3 is 0 Å². The van der Waals surface area contributed by atoms with Crippen molar-refractivity contribution in [2.45, 2.75) is 50.1 Å². The topological polar surface area (TPSA) is 85.7 Å². The molecule has 2 aliphatic rings. The summed E-state index contributed by atoms with van der Waals surface area (Å²) < 4.78 is 19.3. The number of hydrogen-bond donors (Lipinski definition) is 2. The predicted octanol–water partition coefficient (Wildman–Crippen LogP) is 1.05. The van der Waals surface area contributed by atoms with E-state index >= 15 is 0 Å². The van der Waals surface area contributed by atoms with Crippen LogP contribution in [0.3, 0.4) is 0 Å². The number of alkyl halides is 1. The molecule has 0 bridgehead atoms. The van der Waals surface area contributed by atoms with E-state index in [2.05, 4.69) is 4.98 Å². The standard InChI is InChI=1S/C13H17ClN2O5S/c1-13(2)20-8-7(5-17)19-11(9(8)21-13)16-4-6(3-14)10(18)15-12(16)22/h4,7-9,11,17H,3,5H2,1-2H3,(H,15,18,22). The molecule has 4 unspecified atom stereocenters. The van der Waals surface area contributed by atoms with Crippen molar-refractivity contribution in [2.75, 3.05) is 6.61 Å². The van der Waals surface area contributed by atoms with Gasteiger partial charge in [-0.2, -0.15) is 0 Å². The number of H-pyrrole nitrogens is 1. The van der Waals surface area contributed by atoms with E-state index in [1.165, 1.54) is 0 Å². The van der Waals surface area contributed by atoms with Gasteiger partial charge in [-0.05, 0) is 26.1 Å². The Labute approximate surface area is 136 Å². The van der Waals surface area contributed by atoms with Crippen LogP contribution in [-0.2, 0) is 20.1 Å². The number of fused-ring (bicyclic) bond motifs is 1. The van der Waals surface area contributed by atoms with Gasteiger partial charge in [0.15, 0.2) is 16.8 Å². The number of rotatable bonds is 3. The summed E-state index contributed by atoms with van der Waals surface area (Å²) in [6.07, 6.45) is -0.406. The fourth-order valence-corrected chi connectivity index (χ4v) is 3.28. The number of aliphatic hydroxyl groups excluding tert-OH is 1. The highest BCUT2D eigenvalue weighted by Gasteiger charge is 2.55. The Morgan fingerprint density at radius 1 is 1.45 bits per heavy atom. The average Bonchev–Trinajstić information content (AvgIpc) is 2.92.